The summed E-state index contributed by atoms with van der Waals surface area (Å²) in [5.74, 6) is 0. The fraction of sp³-hybridized carbons (Fsp3) is 0.850. The van der Waals surface area contributed by atoms with Crippen molar-refractivity contribution in [2.75, 3.05) is 78.7 Å². The molecule has 4 aliphatic rings. The van der Waals surface area contributed by atoms with Crippen molar-refractivity contribution >= 4 is 0 Å². The van der Waals surface area contributed by atoms with Gasteiger partial charge in [-0.2, -0.15) is 5.10 Å². The Morgan fingerprint density at radius 1 is 0.643 bits per heavy atom. The van der Waals surface area contributed by atoms with Crippen LogP contribution in [0, 0.1) is 0 Å². The minimum atomic E-state index is 0.893. The molecule has 162 valence electrons. The Hall–Kier alpha value is -1.03. The maximum atomic E-state index is 5.31. The average Bonchev–Trinajstić information content (AvgIpc) is 3.56. The number of hydrazine groups is 1. The molecule has 0 unspecified atom stereocenters. The first-order valence-corrected chi connectivity index (χ1v) is 11.1. The summed E-state index contributed by atoms with van der Waals surface area (Å²) in [4.78, 5) is 0. The summed E-state index contributed by atoms with van der Waals surface area (Å²) < 4.78 is 5.31. The first kappa shape index (κ1) is 23.3. The van der Waals surface area contributed by atoms with Crippen molar-refractivity contribution in [3.05, 3.63) is 18.5 Å². The zero-order chi connectivity index (χ0) is 19.5. The van der Waals surface area contributed by atoms with Crippen LogP contribution in [0.5, 0.6) is 0 Å². The van der Waals surface area contributed by atoms with Gasteiger partial charge in [-0.05, 0) is 57.9 Å². The number of piperidine rings is 1. The van der Waals surface area contributed by atoms with Gasteiger partial charge in [0.05, 0.1) is 13.2 Å². The molecule has 4 saturated heterocycles. The van der Waals surface area contributed by atoms with E-state index in [0.29, 0.717) is 0 Å². The Labute approximate surface area is 170 Å². The van der Waals surface area contributed by atoms with Crippen molar-refractivity contribution in [3.63, 3.8) is 0 Å². The van der Waals surface area contributed by atoms with Crippen LogP contribution in [-0.2, 0) is 4.74 Å². The normalized spacial score (nSPS) is 23.3. The first-order chi connectivity index (χ1) is 14.0. The van der Waals surface area contributed by atoms with Crippen LogP contribution in [0.1, 0.15) is 32.1 Å². The van der Waals surface area contributed by atoms with Crippen LogP contribution >= 0.6 is 0 Å². The van der Waals surface area contributed by atoms with Crippen LogP contribution in [0.15, 0.2) is 18.5 Å². The van der Waals surface area contributed by atoms with Crippen LogP contribution in [0.3, 0.4) is 0 Å². The van der Waals surface area contributed by atoms with Crippen LogP contribution in [0.25, 0.3) is 0 Å². The number of rotatable bonds is 1. The summed E-state index contributed by atoms with van der Waals surface area (Å²) in [7, 11) is 0. The summed E-state index contributed by atoms with van der Waals surface area (Å²) in [6.45, 7) is 13.5. The second-order valence-electron chi connectivity index (χ2n) is 7.30. The van der Waals surface area contributed by atoms with Gasteiger partial charge in [0.15, 0.2) is 0 Å². The zero-order valence-electron chi connectivity index (χ0n) is 17.5. The fourth-order valence-corrected chi connectivity index (χ4v) is 3.41. The Balaban J connectivity index is 0.000000147. The number of nitrogens with one attached hydrogen (secondary N) is 4. The van der Waals surface area contributed by atoms with Crippen molar-refractivity contribution in [2.45, 2.75) is 32.1 Å². The highest BCUT2D eigenvalue weighted by Crippen LogP contribution is 2.03. The van der Waals surface area contributed by atoms with Gasteiger partial charge < -0.3 is 20.7 Å². The van der Waals surface area contributed by atoms with Crippen LogP contribution < -0.4 is 16.0 Å². The predicted octanol–water partition coefficient (Wildman–Crippen LogP) is 0.678. The molecule has 5 rings (SSSR count). The van der Waals surface area contributed by atoms with E-state index in [-0.39, 0.29) is 0 Å². The lowest BCUT2D eigenvalue weighted by molar-refractivity contribution is -0.0945. The van der Waals surface area contributed by atoms with Crippen molar-refractivity contribution in [1.29, 1.82) is 0 Å². The molecule has 0 radical (unpaired) electrons. The van der Waals surface area contributed by atoms with Gasteiger partial charge in [-0.3, -0.25) is 5.10 Å². The quantitative estimate of drug-likeness (QED) is 0.557. The molecule has 0 bridgehead atoms. The SMILES string of the molecule is C1CCNC1.C1CCNCC1.C1CN(N2CCOCC2)CCN1.c1cn[nH]c1. The Kier molecular flexibility index (Phi) is 14.0. The van der Waals surface area contributed by atoms with Gasteiger partial charge in [0.25, 0.3) is 0 Å². The van der Waals surface area contributed by atoms with E-state index in [2.05, 4.69) is 36.2 Å². The molecule has 0 atom stereocenters. The van der Waals surface area contributed by atoms with Crippen molar-refractivity contribution in [2.24, 2.45) is 0 Å². The van der Waals surface area contributed by atoms with Gasteiger partial charge in [-0.1, -0.05) is 6.42 Å². The van der Waals surface area contributed by atoms with E-state index in [0.717, 1.165) is 52.5 Å². The zero-order valence-corrected chi connectivity index (χ0v) is 17.5. The third-order valence-corrected chi connectivity index (χ3v) is 5.05. The van der Waals surface area contributed by atoms with Gasteiger partial charge in [0.2, 0.25) is 0 Å². The number of piperazine rings is 1. The highest BCUT2D eigenvalue weighted by Gasteiger charge is 2.19. The molecule has 1 aromatic heterocycles. The predicted molar refractivity (Wildman–Crippen MR) is 114 cm³/mol. The largest absolute Gasteiger partial charge is 0.379 e. The summed E-state index contributed by atoms with van der Waals surface area (Å²) in [5.41, 5.74) is 0. The topological polar surface area (TPSA) is 80.5 Å². The van der Waals surface area contributed by atoms with Gasteiger partial charge in [0, 0.05) is 51.7 Å². The van der Waals surface area contributed by atoms with Gasteiger partial charge >= 0.3 is 0 Å². The molecule has 5 heterocycles. The standard InChI is InChI=1S/C8H17N3O.C5H11N.C4H9N.C3H4N2/c1-3-10(4-2-9-1)11-5-7-12-8-6-11;1-2-4-6-5-3-1;2*1-2-4-5-3-1/h9H,1-8H2;6H,1-5H2;5H,1-4H2;1-3H,(H,4,5). The maximum Gasteiger partial charge on any atom is 0.0608 e. The third kappa shape index (κ3) is 11.7. The minimum Gasteiger partial charge on any atom is -0.379 e. The third-order valence-electron chi connectivity index (χ3n) is 5.05. The summed E-state index contributed by atoms with van der Waals surface area (Å²) in [5, 5.41) is 20.9. The van der Waals surface area contributed by atoms with Crippen LogP contribution in [0.2, 0.25) is 0 Å². The Bertz CT molecular complexity index is 360. The number of aromatic amines is 1. The highest BCUT2D eigenvalue weighted by molar-refractivity contribution is 4.72. The molecule has 1 aromatic rings. The molecule has 4 fully saturated rings. The lowest BCUT2D eigenvalue weighted by atomic mass is 10.2. The number of H-pyrrole nitrogens is 1. The molecule has 0 aliphatic carbocycles. The van der Waals surface area contributed by atoms with E-state index in [9.17, 15) is 0 Å². The number of hydrogen-bond donors (Lipinski definition) is 4. The van der Waals surface area contributed by atoms with Crippen molar-refractivity contribution in [3.8, 4) is 0 Å². The number of morpholine rings is 1. The highest BCUT2D eigenvalue weighted by atomic mass is 16.5. The molecular weight excluding hydrogens is 354 g/mol. The number of ether oxygens (including phenoxy) is 1. The van der Waals surface area contributed by atoms with Crippen molar-refractivity contribution < 1.29 is 4.74 Å². The summed E-state index contributed by atoms with van der Waals surface area (Å²) >= 11 is 0. The van der Waals surface area contributed by atoms with E-state index in [1.54, 1.807) is 12.4 Å². The Morgan fingerprint density at radius 3 is 1.57 bits per heavy atom. The molecule has 0 spiro atoms. The molecule has 4 aliphatic heterocycles. The summed E-state index contributed by atoms with van der Waals surface area (Å²) in [6, 6.07) is 1.83. The second-order valence-corrected chi connectivity index (χ2v) is 7.30. The smallest absolute Gasteiger partial charge is 0.0608 e. The lowest BCUT2D eigenvalue weighted by Gasteiger charge is -2.39. The van der Waals surface area contributed by atoms with E-state index >= 15 is 0 Å². The molecule has 8 nitrogen and oxygen atoms in total. The molecule has 4 N–H and O–H groups in total. The monoisotopic (exact) mass is 395 g/mol. The molecule has 28 heavy (non-hydrogen) atoms. The van der Waals surface area contributed by atoms with Crippen LogP contribution in [-0.4, -0.2) is 98.9 Å². The van der Waals surface area contributed by atoms with E-state index in [1.807, 2.05) is 6.07 Å². The van der Waals surface area contributed by atoms with Gasteiger partial charge in [-0.15, -0.1) is 0 Å². The molecular formula is C20H41N7O. The van der Waals surface area contributed by atoms with Gasteiger partial charge in [0.1, 0.15) is 0 Å². The van der Waals surface area contributed by atoms with Crippen molar-refractivity contribution in [1.82, 2.24) is 36.2 Å². The van der Waals surface area contributed by atoms with E-state index in [1.165, 1.54) is 58.3 Å². The van der Waals surface area contributed by atoms with Gasteiger partial charge in [-0.25, -0.2) is 10.0 Å². The molecule has 0 amide bonds. The number of aromatic nitrogens is 2. The summed E-state index contributed by atoms with van der Waals surface area (Å²) in [6.07, 6.45) is 10.5. The molecule has 0 saturated carbocycles. The van der Waals surface area contributed by atoms with E-state index < -0.39 is 0 Å². The van der Waals surface area contributed by atoms with Crippen LogP contribution in [0.4, 0.5) is 0 Å². The average molecular weight is 396 g/mol. The second kappa shape index (κ2) is 16.9. The Morgan fingerprint density at radius 2 is 1.18 bits per heavy atom. The molecule has 0 aromatic carbocycles. The minimum absolute atomic E-state index is 0.893. The number of nitrogens with zero attached hydrogens (tertiary/aromatic N) is 3. The lowest BCUT2D eigenvalue weighted by Crippen LogP contribution is -2.55. The molecule has 8 heteroatoms. The maximum absolute atomic E-state index is 5.31. The first-order valence-electron chi connectivity index (χ1n) is 11.1. The fourth-order valence-electron chi connectivity index (χ4n) is 3.41. The van der Waals surface area contributed by atoms with E-state index in [4.69, 9.17) is 4.74 Å². The number of hydrogen-bond acceptors (Lipinski definition) is 7.